The van der Waals surface area contributed by atoms with Gasteiger partial charge in [-0.05, 0) is 15.9 Å². The van der Waals surface area contributed by atoms with Crippen molar-refractivity contribution < 1.29 is 19.1 Å². The van der Waals surface area contributed by atoms with Crippen LogP contribution in [0.25, 0.3) is 0 Å². The molecular formula is C12H16BrN3O4. The van der Waals surface area contributed by atoms with Gasteiger partial charge in [-0.1, -0.05) is 0 Å². The molecule has 8 heteroatoms. The van der Waals surface area contributed by atoms with E-state index >= 15 is 0 Å². The van der Waals surface area contributed by atoms with E-state index in [0.29, 0.717) is 21.7 Å². The maximum Gasteiger partial charge on any atom is 0.243 e. The Balaban J connectivity index is 2.77. The predicted molar refractivity (Wildman–Crippen MR) is 77.9 cm³/mol. The molecule has 1 aromatic rings. The first kappa shape index (κ1) is 16.3. The number of hydrogen-bond acceptors (Lipinski definition) is 5. The molecule has 20 heavy (non-hydrogen) atoms. The number of rotatable bonds is 6. The van der Waals surface area contributed by atoms with E-state index < -0.39 is 5.91 Å². The average Bonchev–Trinajstić information content (AvgIpc) is 2.46. The molecule has 0 fully saturated rings. The van der Waals surface area contributed by atoms with E-state index in [-0.39, 0.29) is 19.0 Å². The Labute approximate surface area is 124 Å². The number of amides is 2. The summed E-state index contributed by atoms with van der Waals surface area (Å²) in [5.41, 5.74) is 5.63. The summed E-state index contributed by atoms with van der Waals surface area (Å²) in [4.78, 5) is 22.6. The molecule has 1 rings (SSSR count). The lowest BCUT2D eigenvalue weighted by Crippen LogP contribution is -2.36. The van der Waals surface area contributed by atoms with Gasteiger partial charge in [0.05, 0.1) is 33.0 Å². The molecule has 0 atom stereocenters. The Morgan fingerprint density at radius 1 is 1.20 bits per heavy atom. The van der Waals surface area contributed by atoms with Crippen LogP contribution in [0.15, 0.2) is 16.6 Å². The largest absolute Gasteiger partial charge is 0.493 e. The number of hydrogen-bond donors (Lipinski definition) is 3. The number of carbonyl (C=O) groups is 2. The van der Waals surface area contributed by atoms with Crippen molar-refractivity contribution >= 4 is 33.4 Å². The highest BCUT2D eigenvalue weighted by Crippen LogP contribution is 2.36. The summed E-state index contributed by atoms with van der Waals surface area (Å²) in [5.74, 6) is 0.247. The fourth-order valence-corrected chi connectivity index (χ4v) is 1.82. The van der Waals surface area contributed by atoms with Gasteiger partial charge in [0.1, 0.15) is 0 Å². The number of ether oxygens (including phenoxy) is 2. The zero-order chi connectivity index (χ0) is 15.1. The molecule has 0 aliphatic rings. The van der Waals surface area contributed by atoms with Gasteiger partial charge in [-0.25, -0.2) is 0 Å². The van der Waals surface area contributed by atoms with Crippen LogP contribution in [-0.4, -0.2) is 39.1 Å². The van der Waals surface area contributed by atoms with Crippen molar-refractivity contribution in [2.45, 2.75) is 0 Å². The number of nitrogens with one attached hydrogen (secondary N) is 2. The second-order valence-electron chi connectivity index (χ2n) is 3.72. The van der Waals surface area contributed by atoms with Crippen molar-refractivity contribution in [2.75, 3.05) is 32.6 Å². The molecule has 4 N–H and O–H groups in total. The molecule has 110 valence electrons. The molecule has 1 aromatic carbocycles. The summed E-state index contributed by atoms with van der Waals surface area (Å²) >= 11 is 3.32. The van der Waals surface area contributed by atoms with Crippen molar-refractivity contribution in [1.29, 1.82) is 0 Å². The van der Waals surface area contributed by atoms with Crippen molar-refractivity contribution in [3.8, 4) is 11.5 Å². The lowest BCUT2D eigenvalue weighted by molar-refractivity contribution is -0.123. The SMILES string of the molecule is COc1cc(Br)c(NC(=O)CNC(=O)CN)cc1OC. The van der Waals surface area contributed by atoms with Crippen LogP contribution < -0.4 is 25.8 Å². The monoisotopic (exact) mass is 345 g/mol. The third-order valence-corrected chi connectivity index (χ3v) is 3.03. The summed E-state index contributed by atoms with van der Waals surface area (Å²) < 4.78 is 10.9. The smallest absolute Gasteiger partial charge is 0.243 e. The highest BCUT2D eigenvalue weighted by Gasteiger charge is 2.12. The Morgan fingerprint density at radius 2 is 1.80 bits per heavy atom. The second kappa shape index (κ2) is 7.71. The van der Waals surface area contributed by atoms with Crippen LogP contribution in [-0.2, 0) is 9.59 Å². The lowest BCUT2D eigenvalue weighted by Gasteiger charge is -2.13. The summed E-state index contributed by atoms with van der Waals surface area (Å²) in [6, 6.07) is 3.29. The second-order valence-corrected chi connectivity index (χ2v) is 4.57. The van der Waals surface area contributed by atoms with E-state index in [1.54, 1.807) is 12.1 Å². The van der Waals surface area contributed by atoms with Crippen LogP contribution in [0, 0.1) is 0 Å². The average molecular weight is 346 g/mol. The van der Waals surface area contributed by atoms with Crippen LogP contribution >= 0.6 is 15.9 Å². The minimum absolute atomic E-state index is 0.156. The van der Waals surface area contributed by atoms with Crippen LogP contribution in [0.2, 0.25) is 0 Å². The normalized spacial score (nSPS) is 9.80. The number of benzene rings is 1. The number of methoxy groups -OCH3 is 2. The molecule has 0 heterocycles. The number of halogens is 1. The third kappa shape index (κ3) is 4.39. The highest BCUT2D eigenvalue weighted by molar-refractivity contribution is 9.10. The standard InChI is InChI=1S/C12H16BrN3O4/c1-19-9-3-7(13)8(4-10(9)20-2)16-12(18)6-15-11(17)5-14/h3-4H,5-6,14H2,1-2H3,(H,15,17)(H,16,18). The van der Waals surface area contributed by atoms with Gasteiger partial charge < -0.3 is 25.8 Å². The van der Waals surface area contributed by atoms with Crippen molar-refractivity contribution in [2.24, 2.45) is 5.73 Å². The molecule has 0 aromatic heterocycles. The molecule has 0 aliphatic heterocycles. The summed E-state index contributed by atoms with van der Waals surface area (Å²) in [6.07, 6.45) is 0. The van der Waals surface area contributed by atoms with Crippen LogP contribution in [0.5, 0.6) is 11.5 Å². The van der Waals surface area contributed by atoms with Gasteiger partial charge in [-0.2, -0.15) is 0 Å². The van der Waals surface area contributed by atoms with E-state index in [9.17, 15) is 9.59 Å². The highest BCUT2D eigenvalue weighted by atomic mass is 79.9. The minimum atomic E-state index is -0.397. The van der Waals surface area contributed by atoms with Crippen LogP contribution in [0.1, 0.15) is 0 Å². The molecule has 0 saturated heterocycles. The first-order chi connectivity index (χ1) is 9.51. The van der Waals surface area contributed by atoms with E-state index in [0.717, 1.165) is 0 Å². The van der Waals surface area contributed by atoms with Crippen molar-refractivity contribution in [3.05, 3.63) is 16.6 Å². The fourth-order valence-electron chi connectivity index (χ4n) is 1.40. The van der Waals surface area contributed by atoms with Gasteiger partial charge in [0.25, 0.3) is 0 Å². The maximum absolute atomic E-state index is 11.7. The van der Waals surface area contributed by atoms with Gasteiger partial charge in [-0.3, -0.25) is 9.59 Å². The van der Waals surface area contributed by atoms with Crippen molar-refractivity contribution in [1.82, 2.24) is 5.32 Å². The molecule has 0 bridgehead atoms. The first-order valence-electron chi connectivity index (χ1n) is 5.70. The summed E-state index contributed by atoms with van der Waals surface area (Å²) in [7, 11) is 3.02. The molecule has 0 spiro atoms. The van der Waals surface area contributed by atoms with E-state index in [1.807, 2.05) is 0 Å². The first-order valence-corrected chi connectivity index (χ1v) is 6.49. The van der Waals surface area contributed by atoms with E-state index in [4.69, 9.17) is 15.2 Å². The van der Waals surface area contributed by atoms with Gasteiger partial charge in [-0.15, -0.1) is 0 Å². The summed E-state index contributed by atoms with van der Waals surface area (Å²) in [6.45, 7) is -0.315. The Bertz CT molecular complexity index is 508. The van der Waals surface area contributed by atoms with Crippen LogP contribution in [0.4, 0.5) is 5.69 Å². The number of anilines is 1. The van der Waals surface area contributed by atoms with Gasteiger partial charge in [0.15, 0.2) is 11.5 Å². The Hall–Kier alpha value is -1.80. The van der Waals surface area contributed by atoms with Gasteiger partial charge in [0, 0.05) is 16.6 Å². The molecule has 0 aliphatic carbocycles. The fraction of sp³-hybridized carbons (Fsp3) is 0.333. The van der Waals surface area contributed by atoms with Gasteiger partial charge in [0.2, 0.25) is 11.8 Å². The molecular weight excluding hydrogens is 330 g/mol. The summed E-state index contributed by atoms with van der Waals surface area (Å²) in [5, 5.41) is 5.01. The Morgan fingerprint density at radius 3 is 2.35 bits per heavy atom. The predicted octanol–water partition coefficient (Wildman–Crippen LogP) is 0.480. The molecule has 7 nitrogen and oxygen atoms in total. The minimum Gasteiger partial charge on any atom is -0.493 e. The van der Waals surface area contributed by atoms with Crippen LogP contribution in [0.3, 0.4) is 0 Å². The Kier molecular flexibility index (Phi) is 6.26. The quantitative estimate of drug-likeness (QED) is 0.695. The van der Waals surface area contributed by atoms with E-state index in [1.165, 1.54) is 14.2 Å². The zero-order valence-corrected chi connectivity index (χ0v) is 12.7. The lowest BCUT2D eigenvalue weighted by atomic mass is 10.2. The topological polar surface area (TPSA) is 103 Å². The van der Waals surface area contributed by atoms with E-state index in [2.05, 4.69) is 26.6 Å². The maximum atomic E-state index is 11.7. The molecule has 0 radical (unpaired) electrons. The zero-order valence-electron chi connectivity index (χ0n) is 11.2. The molecule has 0 unspecified atom stereocenters. The molecule has 2 amide bonds. The third-order valence-electron chi connectivity index (χ3n) is 2.38. The molecule has 0 saturated carbocycles. The number of carbonyl (C=O) groups excluding carboxylic acids is 2. The van der Waals surface area contributed by atoms with Crippen molar-refractivity contribution in [3.63, 3.8) is 0 Å². The van der Waals surface area contributed by atoms with Gasteiger partial charge >= 0.3 is 0 Å². The number of nitrogens with two attached hydrogens (primary N) is 1.